The van der Waals surface area contributed by atoms with Crippen molar-refractivity contribution in [3.8, 4) is 11.5 Å². The van der Waals surface area contributed by atoms with Gasteiger partial charge < -0.3 is 10.2 Å². The molecule has 3 heteroatoms. The van der Waals surface area contributed by atoms with Crippen LogP contribution in [0.2, 0.25) is 0 Å². The second-order valence-electron chi connectivity index (χ2n) is 4.29. The van der Waals surface area contributed by atoms with Gasteiger partial charge in [-0.2, -0.15) is 0 Å². The standard InChI is InChI=1S/C15H15NO2/c1-10-3-4-11(2)14(7-10)16-9-12-5-6-13(17)8-15(12)18/h3-9,17-18H,1-2H3. The molecule has 0 saturated heterocycles. The molecule has 92 valence electrons. The van der Waals surface area contributed by atoms with Gasteiger partial charge in [-0.1, -0.05) is 12.1 Å². The van der Waals surface area contributed by atoms with Crippen molar-refractivity contribution >= 4 is 11.9 Å². The first-order chi connectivity index (χ1) is 8.56. The van der Waals surface area contributed by atoms with E-state index in [2.05, 4.69) is 4.99 Å². The van der Waals surface area contributed by atoms with Crippen molar-refractivity contribution in [2.75, 3.05) is 0 Å². The number of aromatic hydroxyl groups is 2. The predicted molar refractivity (Wildman–Crippen MR) is 72.9 cm³/mol. The molecular formula is C15H15NO2. The molecule has 0 fully saturated rings. The Kier molecular flexibility index (Phi) is 3.33. The van der Waals surface area contributed by atoms with E-state index in [0.717, 1.165) is 16.8 Å². The Hall–Kier alpha value is -2.29. The van der Waals surface area contributed by atoms with Gasteiger partial charge in [0.2, 0.25) is 0 Å². The normalized spacial score (nSPS) is 11.0. The number of phenols is 2. The number of hydrogen-bond donors (Lipinski definition) is 2. The average Bonchev–Trinajstić information content (AvgIpc) is 2.32. The average molecular weight is 241 g/mol. The summed E-state index contributed by atoms with van der Waals surface area (Å²) in [4.78, 5) is 4.36. The van der Waals surface area contributed by atoms with Gasteiger partial charge in [-0.25, -0.2) is 0 Å². The van der Waals surface area contributed by atoms with Crippen LogP contribution in [-0.4, -0.2) is 16.4 Å². The van der Waals surface area contributed by atoms with E-state index in [1.165, 1.54) is 12.1 Å². The summed E-state index contributed by atoms with van der Waals surface area (Å²) in [6, 6.07) is 10.5. The zero-order chi connectivity index (χ0) is 13.1. The second-order valence-corrected chi connectivity index (χ2v) is 4.29. The van der Waals surface area contributed by atoms with Crippen LogP contribution in [0.15, 0.2) is 41.4 Å². The first-order valence-electron chi connectivity index (χ1n) is 5.69. The summed E-state index contributed by atoms with van der Waals surface area (Å²) in [5.41, 5.74) is 3.67. The number of aryl methyl sites for hydroxylation is 2. The van der Waals surface area contributed by atoms with Crippen LogP contribution in [0.4, 0.5) is 5.69 Å². The van der Waals surface area contributed by atoms with Gasteiger partial charge in [0.1, 0.15) is 11.5 Å². The first kappa shape index (κ1) is 12.2. The van der Waals surface area contributed by atoms with Gasteiger partial charge in [-0.05, 0) is 43.2 Å². The molecule has 0 amide bonds. The number of aliphatic imine (C=N–C) groups is 1. The lowest BCUT2D eigenvalue weighted by molar-refractivity contribution is 0.450. The molecule has 0 spiro atoms. The van der Waals surface area contributed by atoms with Crippen molar-refractivity contribution in [1.29, 1.82) is 0 Å². The van der Waals surface area contributed by atoms with Crippen LogP contribution in [0.5, 0.6) is 11.5 Å². The van der Waals surface area contributed by atoms with Crippen molar-refractivity contribution < 1.29 is 10.2 Å². The highest BCUT2D eigenvalue weighted by Crippen LogP contribution is 2.23. The number of benzene rings is 2. The maximum absolute atomic E-state index is 9.64. The van der Waals surface area contributed by atoms with E-state index < -0.39 is 0 Å². The minimum atomic E-state index is 0.0176. The Labute approximate surface area is 106 Å². The largest absolute Gasteiger partial charge is 0.508 e. The Morgan fingerprint density at radius 3 is 2.50 bits per heavy atom. The molecular weight excluding hydrogens is 226 g/mol. The van der Waals surface area contributed by atoms with Crippen LogP contribution < -0.4 is 0 Å². The van der Waals surface area contributed by atoms with Crippen LogP contribution in [0, 0.1) is 13.8 Å². The summed E-state index contributed by atoms with van der Waals surface area (Å²) in [6.07, 6.45) is 1.59. The molecule has 0 aliphatic heterocycles. The minimum absolute atomic E-state index is 0.0176. The van der Waals surface area contributed by atoms with Gasteiger partial charge in [0, 0.05) is 17.8 Å². The second kappa shape index (κ2) is 4.92. The first-order valence-corrected chi connectivity index (χ1v) is 5.69. The van der Waals surface area contributed by atoms with E-state index in [1.807, 2.05) is 32.0 Å². The predicted octanol–water partition coefficient (Wildman–Crippen LogP) is 3.47. The number of nitrogens with zero attached hydrogens (tertiary/aromatic N) is 1. The molecule has 0 saturated carbocycles. The van der Waals surface area contributed by atoms with Crippen LogP contribution >= 0.6 is 0 Å². The summed E-state index contributed by atoms with van der Waals surface area (Å²) < 4.78 is 0. The van der Waals surface area contributed by atoms with Crippen LogP contribution in [-0.2, 0) is 0 Å². The van der Waals surface area contributed by atoms with Gasteiger partial charge in [0.05, 0.1) is 5.69 Å². The molecule has 0 unspecified atom stereocenters. The molecule has 2 aromatic rings. The number of hydrogen-bond acceptors (Lipinski definition) is 3. The summed E-state index contributed by atoms with van der Waals surface area (Å²) in [6.45, 7) is 4.00. The molecule has 3 nitrogen and oxygen atoms in total. The number of rotatable bonds is 2. The van der Waals surface area contributed by atoms with Crippen LogP contribution in [0.3, 0.4) is 0 Å². The lowest BCUT2D eigenvalue weighted by Gasteiger charge is -2.02. The van der Waals surface area contributed by atoms with Gasteiger partial charge in [-0.15, -0.1) is 0 Å². The maximum Gasteiger partial charge on any atom is 0.128 e. The zero-order valence-corrected chi connectivity index (χ0v) is 10.4. The molecule has 2 rings (SSSR count). The van der Waals surface area contributed by atoms with Crippen LogP contribution in [0.1, 0.15) is 16.7 Å². The van der Waals surface area contributed by atoms with E-state index in [1.54, 1.807) is 12.3 Å². The van der Waals surface area contributed by atoms with E-state index in [-0.39, 0.29) is 11.5 Å². The monoisotopic (exact) mass is 241 g/mol. The third-order valence-electron chi connectivity index (χ3n) is 2.72. The van der Waals surface area contributed by atoms with E-state index in [9.17, 15) is 10.2 Å². The summed E-state index contributed by atoms with van der Waals surface area (Å²) in [5.74, 6) is 0.0560. The summed E-state index contributed by atoms with van der Waals surface area (Å²) in [7, 11) is 0. The Balaban J connectivity index is 2.32. The fourth-order valence-corrected chi connectivity index (χ4v) is 1.64. The molecule has 0 atom stereocenters. The third-order valence-corrected chi connectivity index (χ3v) is 2.72. The molecule has 0 heterocycles. The van der Waals surface area contributed by atoms with E-state index in [0.29, 0.717) is 5.56 Å². The van der Waals surface area contributed by atoms with Gasteiger partial charge in [0.25, 0.3) is 0 Å². The lowest BCUT2D eigenvalue weighted by Crippen LogP contribution is -1.83. The fourth-order valence-electron chi connectivity index (χ4n) is 1.64. The van der Waals surface area contributed by atoms with Gasteiger partial charge >= 0.3 is 0 Å². The maximum atomic E-state index is 9.64. The zero-order valence-electron chi connectivity index (χ0n) is 10.4. The van der Waals surface area contributed by atoms with Crippen molar-refractivity contribution in [1.82, 2.24) is 0 Å². The lowest BCUT2D eigenvalue weighted by atomic mass is 10.1. The fraction of sp³-hybridized carbons (Fsp3) is 0.133. The van der Waals surface area contributed by atoms with E-state index in [4.69, 9.17) is 0 Å². The minimum Gasteiger partial charge on any atom is -0.508 e. The summed E-state index contributed by atoms with van der Waals surface area (Å²) in [5, 5.41) is 18.8. The highest BCUT2D eigenvalue weighted by Gasteiger charge is 2.00. The van der Waals surface area contributed by atoms with Crippen molar-refractivity contribution in [2.45, 2.75) is 13.8 Å². The molecule has 2 N–H and O–H groups in total. The molecule has 2 aromatic carbocycles. The van der Waals surface area contributed by atoms with Crippen LogP contribution in [0.25, 0.3) is 0 Å². The van der Waals surface area contributed by atoms with E-state index >= 15 is 0 Å². The smallest absolute Gasteiger partial charge is 0.128 e. The van der Waals surface area contributed by atoms with Crippen molar-refractivity contribution in [3.63, 3.8) is 0 Å². The van der Waals surface area contributed by atoms with Crippen molar-refractivity contribution in [3.05, 3.63) is 53.1 Å². The highest BCUT2D eigenvalue weighted by atomic mass is 16.3. The summed E-state index contributed by atoms with van der Waals surface area (Å²) >= 11 is 0. The quantitative estimate of drug-likeness (QED) is 0.791. The molecule has 0 aromatic heterocycles. The number of phenolic OH excluding ortho intramolecular Hbond substituents is 2. The topological polar surface area (TPSA) is 52.8 Å². The molecule has 0 aliphatic carbocycles. The third kappa shape index (κ3) is 2.69. The highest BCUT2D eigenvalue weighted by molar-refractivity contribution is 5.85. The van der Waals surface area contributed by atoms with Gasteiger partial charge in [-0.3, -0.25) is 4.99 Å². The molecule has 0 aliphatic rings. The molecule has 0 radical (unpaired) electrons. The Morgan fingerprint density at radius 1 is 1.00 bits per heavy atom. The van der Waals surface area contributed by atoms with Gasteiger partial charge in [0.15, 0.2) is 0 Å². The Bertz CT molecular complexity index is 603. The van der Waals surface area contributed by atoms with Crippen molar-refractivity contribution in [2.24, 2.45) is 4.99 Å². The SMILES string of the molecule is Cc1ccc(C)c(N=Cc2ccc(O)cc2O)c1. The Morgan fingerprint density at radius 2 is 1.78 bits per heavy atom. The molecule has 18 heavy (non-hydrogen) atoms. The molecule has 0 bridgehead atoms.